The first-order valence-corrected chi connectivity index (χ1v) is 19.1. The molecule has 0 aromatic heterocycles. The zero-order valence-electron chi connectivity index (χ0n) is 30.1. The van der Waals surface area contributed by atoms with E-state index in [9.17, 15) is 14.4 Å². The second-order valence-electron chi connectivity index (χ2n) is 13.6. The molecule has 1 heterocycles. The van der Waals surface area contributed by atoms with Crippen molar-refractivity contribution < 1.29 is 27.8 Å². The van der Waals surface area contributed by atoms with E-state index >= 15 is 0 Å². The van der Waals surface area contributed by atoms with Crippen molar-refractivity contribution in [1.29, 1.82) is 5.26 Å². The number of nitrogens with zero attached hydrogens (tertiary/aromatic N) is 3. The molecule has 2 aliphatic rings. The molecule has 10 nitrogen and oxygen atoms in total. The summed E-state index contributed by atoms with van der Waals surface area (Å²) in [6.45, 7) is 13.8. The van der Waals surface area contributed by atoms with Gasteiger partial charge < -0.3 is 23.1 Å². The van der Waals surface area contributed by atoms with Gasteiger partial charge in [0, 0.05) is 59.9 Å². The SMILES string of the molecule is CC(C)N(C(C)C)P(OCCC#N)OCCN(C)C(=O)c1cc(Cl)c(Cl)cc1-c1c2cc(Cl)c(=O)cc-2oc2cc(OC(=O)C(C)(C)C)c(Cl)cc12. The van der Waals surface area contributed by atoms with E-state index in [0.717, 1.165) is 0 Å². The van der Waals surface area contributed by atoms with Crippen molar-refractivity contribution in [1.82, 2.24) is 9.57 Å². The van der Waals surface area contributed by atoms with Crippen LogP contribution in [0.2, 0.25) is 20.1 Å². The lowest BCUT2D eigenvalue weighted by Crippen LogP contribution is -2.35. The molecule has 1 atom stereocenters. The van der Waals surface area contributed by atoms with Crippen LogP contribution in [0.15, 0.2) is 45.6 Å². The van der Waals surface area contributed by atoms with Crippen LogP contribution in [0.25, 0.3) is 33.4 Å². The molecule has 1 amide bonds. The molecular formula is C37H40Cl4N3O7P. The van der Waals surface area contributed by atoms with Crippen molar-refractivity contribution in [3.05, 3.63) is 72.3 Å². The summed E-state index contributed by atoms with van der Waals surface area (Å²) in [5.74, 6) is -0.722. The molecule has 0 saturated carbocycles. The number of ether oxygens (including phenoxy) is 1. The molecule has 0 fully saturated rings. The molecule has 0 radical (unpaired) electrons. The Kier molecular flexibility index (Phi) is 14.0. The number of nitriles is 1. The summed E-state index contributed by atoms with van der Waals surface area (Å²) in [6, 6.07) is 11.0. The van der Waals surface area contributed by atoms with Gasteiger partial charge in [0.05, 0.1) is 51.2 Å². The fourth-order valence-corrected chi connectivity index (χ4v) is 7.60. The van der Waals surface area contributed by atoms with Crippen molar-refractivity contribution in [2.45, 2.75) is 67.0 Å². The van der Waals surface area contributed by atoms with Gasteiger partial charge in [-0.3, -0.25) is 14.4 Å². The van der Waals surface area contributed by atoms with Gasteiger partial charge in [0.1, 0.15) is 11.3 Å². The number of amides is 1. The van der Waals surface area contributed by atoms with Gasteiger partial charge in [-0.05, 0) is 78.3 Å². The summed E-state index contributed by atoms with van der Waals surface area (Å²) in [5.41, 5.74) is 0.280. The molecule has 1 aliphatic carbocycles. The summed E-state index contributed by atoms with van der Waals surface area (Å²) in [4.78, 5) is 41.2. The number of benzene rings is 3. The number of esters is 1. The first-order chi connectivity index (χ1) is 24.3. The summed E-state index contributed by atoms with van der Waals surface area (Å²) in [6.07, 6.45) is 0.219. The van der Waals surface area contributed by atoms with E-state index < -0.39 is 31.2 Å². The molecule has 1 unspecified atom stereocenters. The number of hydrogen-bond donors (Lipinski definition) is 0. The Morgan fingerprint density at radius 2 is 1.50 bits per heavy atom. The zero-order valence-corrected chi connectivity index (χ0v) is 34.0. The zero-order chi connectivity index (χ0) is 38.7. The lowest BCUT2D eigenvalue weighted by Gasteiger charge is -2.35. The maximum absolute atomic E-state index is 14.3. The summed E-state index contributed by atoms with van der Waals surface area (Å²) >= 11 is 26.2. The van der Waals surface area contributed by atoms with Crippen molar-refractivity contribution in [3.8, 4) is 34.3 Å². The molecule has 0 saturated heterocycles. The highest BCUT2D eigenvalue weighted by Crippen LogP contribution is 2.47. The fraction of sp³-hybridized carbons (Fsp3) is 0.405. The number of halogens is 4. The van der Waals surface area contributed by atoms with Gasteiger partial charge in [-0.1, -0.05) is 46.4 Å². The van der Waals surface area contributed by atoms with Crippen molar-refractivity contribution in [3.63, 3.8) is 0 Å². The lowest BCUT2D eigenvalue weighted by atomic mass is 9.90. The number of rotatable bonds is 13. The fourth-order valence-electron chi connectivity index (χ4n) is 5.32. The molecule has 52 heavy (non-hydrogen) atoms. The highest BCUT2D eigenvalue weighted by Gasteiger charge is 2.30. The van der Waals surface area contributed by atoms with E-state index in [4.69, 9.17) is 69.9 Å². The Bertz CT molecular complexity index is 2030. The summed E-state index contributed by atoms with van der Waals surface area (Å²) in [7, 11) is 0.107. The third-order valence-electron chi connectivity index (χ3n) is 7.84. The quantitative estimate of drug-likeness (QED) is 0.0427. The minimum Gasteiger partial charge on any atom is -0.456 e. The Morgan fingerprint density at radius 3 is 2.12 bits per heavy atom. The average molecular weight is 812 g/mol. The van der Waals surface area contributed by atoms with Crippen molar-refractivity contribution in [2.75, 3.05) is 26.8 Å². The molecule has 0 bridgehead atoms. The smallest absolute Gasteiger partial charge is 0.316 e. The number of fused-ring (bicyclic) bond motifs is 2. The molecule has 15 heteroatoms. The molecule has 2 aromatic rings. The van der Waals surface area contributed by atoms with E-state index in [0.29, 0.717) is 22.1 Å². The second-order valence-corrected chi connectivity index (χ2v) is 16.7. The molecular weight excluding hydrogens is 771 g/mol. The van der Waals surface area contributed by atoms with Gasteiger partial charge in [-0.2, -0.15) is 5.26 Å². The Morgan fingerprint density at radius 1 is 0.885 bits per heavy atom. The maximum Gasteiger partial charge on any atom is 0.316 e. The van der Waals surface area contributed by atoms with Crippen LogP contribution in [0.1, 0.15) is 65.2 Å². The molecule has 278 valence electrons. The Hall–Kier alpha value is -2.97. The topological polar surface area (TPSA) is 122 Å². The predicted molar refractivity (Wildman–Crippen MR) is 208 cm³/mol. The summed E-state index contributed by atoms with van der Waals surface area (Å²) in [5, 5.41) is 9.78. The normalized spacial score (nSPS) is 12.6. The molecule has 2 aromatic carbocycles. The van der Waals surface area contributed by atoms with E-state index in [1.165, 1.54) is 29.2 Å². The summed E-state index contributed by atoms with van der Waals surface area (Å²) < 4.78 is 26.1. The molecule has 0 spiro atoms. The van der Waals surface area contributed by atoms with E-state index in [1.54, 1.807) is 40.0 Å². The van der Waals surface area contributed by atoms with Crippen molar-refractivity contribution >= 4 is 77.8 Å². The number of carbonyl (C=O) groups is 2. The van der Waals surface area contributed by atoms with Gasteiger partial charge in [0.15, 0.2) is 5.75 Å². The van der Waals surface area contributed by atoms with Gasteiger partial charge in [-0.25, -0.2) is 4.67 Å². The third kappa shape index (κ3) is 9.57. The van der Waals surface area contributed by atoms with Crippen LogP contribution in [0, 0.1) is 16.7 Å². The first kappa shape index (κ1) is 41.8. The first-order valence-electron chi connectivity index (χ1n) is 16.4. The lowest BCUT2D eigenvalue weighted by molar-refractivity contribution is -0.142. The monoisotopic (exact) mass is 809 g/mol. The Balaban J connectivity index is 1.81. The molecule has 1 aliphatic heterocycles. The largest absolute Gasteiger partial charge is 0.456 e. The predicted octanol–water partition coefficient (Wildman–Crippen LogP) is 10.5. The highest BCUT2D eigenvalue weighted by molar-refractivity contribution is 7.44. The van der Waals surface area contributed by atoms with Crippen LogP contribution in [0.5, 0.6) is 5.75 Å². The van der Waals surface area contributed by atoms with Crippen LogP contribution in [-0.2, 0) is 13.8 Å². The van der Waals surface area contributed by atoms with Crippen LogP contribution in [0.4, 0.5) is 0 Å². The minimum atomic E-state index is -1.52. The minimum absolute atomic E-state index is 0.0506. The van der Waals surface area contributed by atoms with E-state index in [1.807, 2.05) is 27.7 Å². The van der Waals surface area contributed by atoms with E-state index in [2.05, 4.69) is 10.7 Å². The van der Waals surface area contributed by atoms with Crippen LogP contribution < -0.4 is 10.2 Å². The average Bonchev–Trinajstić information content (AvgIpc) is 3.05. The third-order valence-corrected chi connectivity index (χ3v) is 11.3. The number of hydrogen-bond acceptors (Lipinski definition) is 9. The van der Waals surface area contributed by atoms with Gasteiger partial charge in [-0.15, -0.1) is 0 Å². The number of likely N-dealkylation sites (N-methyl/N-ethyl adjacent to an activating group) is 1. The number of carbonyl (C=O) groups excluding carboxylic acids is 2. The Labute approximate surface area is 324 Å². The maximum atomic E-state index is 14.3. The molecule has 4 rings (SSSR count). The van der Waals surface area contributed by atoms with Crippen LogP contribution >= 0.6 is 54.9 Å². The van der Waals surface area contributed by atoms with Crippen LogP contribution in [-0.4, -0.2) is 60.3 Å². The van der Waals surface area contributed by atoms with Gasteiger partial charge >= 0.3 is 5.97 Å². The van der Waals surface area contributed by atoms with Gasteiger partial charge in [0.25, 0.3) is 14.4 Å². The second kappa shape index (κ2) is 17.4. The van der Waals surface area contributed by atoms with Crippen LogP contribution in [0.3, 0.4) is 0 Å². The molecule has 0 N–H and O–H groups in total. The van der Waals surface area contributed by atoms with Crippen molar-refractivity contribution in [2.24, 2.45) is 5.41 Å². The highest BCUT2D eigenvalue weighted by atomic mass is 35.5. The van der Waals surface area contributed by atoms with E-state index in [-0.39, 0.29) is 81.0 Å². The standard InChI is InChI=1S/C37H40Cl4N3O7P/c1-20(2)44(21(3)4)52(48-12-9-10-42)49-13-11-43(8)35(46)23-15-27(39)26(38)14-22(23)34-24-16-28(40)30(45)18-31(24)50-32-19-33(29(41)17-25(32)34)51-36(47)37(5,6)7/h14-21H,9,11-13H2,1-8H3. The van der Waals surface area contributed by atoms with Gasteiger partial charge in [0.2, 0.25) is 5.43 Å².